The number of aromatic nitrogens is 3. The summed E-state index contributed by atoms with van der Waals surface area (Å²) in [5, 5.41) is 3.48. The molecule has 0 aliphatic carbocycles. The molecule has 0 aliphatic rings. The number of benzene rings is 1. The second-order valence-corrected chi connectivity index (χ2v) is 7.75. The number of allylic oxidation sites excluding steroid dienone is 1. The Morgan fingerprint density at radius 3 is 2.75 bits per heavy atom. The van der Waals surface area contributed by atoms with Gasteiger partial charge in [0.2, 0.25) is 0 Å². The Morgan fingerprint density at radius 1 is 1.25 bits per heavy atom. The van der Waals surface area contributed by atoms with Crippen LogP contribution in [0, 0.1) is 6.92 Å². The SMILES string of the molecule is CN=CC(=CN)c1cnc2ccc(N(CCNC(C)C)c3cc(C)cc(OC)c3)nc2n1. The minimum atomic E-state index is 0.392. The molecule has 1 aromatic carbocycles. The third-order valence-electron chi connectivity index (χ3n) is 4.88. The van der Waals surface area contributed by atoms with Crippen LogP contribution in [0.3, 0.4) is 0 Å². The number of hydrogen-bond acceptors (Lipinski definition) is 8. The van der Waals surface area contributed by atoms with Crippen molar-refractivity contribution in [3.8, 4) is 5.75 Å². The normalized spacial score (nSPS) is 12.1. The van der Waals surface area contributed by atoms with E-state index >= 15 is 0 Å². The summed E-state index contributed by atoms with van der Waals surface area (Å²) < 4.78 is 5.50. The van der Waals surface area contributed by atoms with Crippen LogP contribution in [0.15, 0.2) is 47.7 Å². The van der Waals surface area contributed by atoms with Crippen molar-refractivity contribution in [3.63, 3.8) is 0 Å². The molecule has 0 unspecified atom stereocenters. The topological polar surface area (TPSA) is 102 Å². The van der Waals surface area contributed by atoms with Crippen LogP contribution in [0.1, 0.15) is 25.1 Å². The van der Waals surface area contributed by atoms with E-state index in [0.717, 1.165) is 35.9 Å². The van der Waals surface area contributed by atoms with Crippen LogP contribution < -0.4 is 20.7 Å². The monoisotopic (exact) mass is 433 g/mol. The first-order chi connectivity index (χ1) is 15.4. The van der Waals surface area contributed by atoms with Gasteiger partial charge in [-0.1, -0.05) is 13.8 Å². The Bertz CT molecular complexity index is 1120. The number of aliphatic imine (C=N–C) groups is 1. The molecular weight excluding hydrogens is 402 g/mol. The second kappa shape index (κ2) is 10.7. The molecule has 168 valence electrons. The average molecular weight is 434 g/mol. The van der Waals surface area contributed by atoms with Gasteiger partial charge in [0, 0.05) is 55.9 Å². The van der Waals surface area contributed by atoms with E-state index < -0.39 is 0 Å². The van der Waals surface area contributed by atoms with Gasteiger partial charge < -0.3 is 20.7 Å². The minimum absolute atomic E-state index is 0.392. The summed E-state index contributed by atoms with van der Waals surface area (Å²) in [4.78, 5) is 20.2. The maximum atomic E-state index is 5.74. The Labute approximate surface area is 189 Å². The Hall–Kier alpha value is -3.52. The minimum Gasteiger partial charge on any atom is -0.497 e. The summed E-state index contributed by atoms with van der Waals surface area (Å²) in [6.45, 7) is 7.85. The molecule has 32 heavy (non-hydrogen) atoms. The number of pyridine rings is 1. The van der Waals surface area contributed by atoms with E-state index in [-0.39, 0.29) is 0 Å². The molecule has 0 atom stereocenters. The number of nitrogens with zero attached hydrogens (tertiary/aromatic N) is 5. The lowest BCUT2D eigenvalue weighted by atomic mass is 10.2. The van der Waals surface area contributed by atoms with Crippen molar-refractivity contribution in [2.24, 2.45) is 10.7 Å². The van der Waals surface area contributed by atoms with Crippen LogP contribution in [0.4, 0.5) is 11.5 Å². The Morgan fingerprint density at radius 2 is 2.06 bits per heavy atom. The predicted molar refractivity (Wildman–Crippen MR) is 132 cm³/mol. The molecule has 0 amide bonds. The number of nitrogens with one attached hydrogen (secondary N) is 1. The van der Waals surface area contributed by atoms with Crippen LogP contribution >= 0.6 is 0 Å². The Kier molecular flexibility index (Phi) is 7.72. The molecule has 0 aliphatic heterocycles. The third kappa shape index (κ3) is 5.59. The first-order valence-electron chi connectivity index (χ1n) is 10.6. The fourth-order valence-corrected chi connectivity index (χ4v) is 3.35. The number of rotatable bonds is 9. The van der Waals surface area contributed by atoms with Crippen molar-refractivity contribution in [1.82, 2.24) is 20.3 Å². The van der Waals surface area contributed by atoms with Gasteiger partial charge in [0.05, 0.1) is 19.0 Å². The molecule has 3 rings (SSSR count). The molecule has 2 heterocycles. The van der Waals surface area contributed by atoms with Gasteiger partial charge in [-0.25, -0.2) is 9.97 Å². The molecular formula is C24H31N7O. The van der Waals surface area contributed by atoms with E-state index in [4.69, 9.17) is 15.5 Å². The van der Waals surface area contributed by atoms with Gasteiger partial charge >= 0.3 is 0 Å². The van der Waals surface area contributed by atoms with E-state index in [9.17, 15) is 0 Å². The fourth-order valence-electron chi connectivity index (χ4n) is 3.35. The molecule has 0 fully saturated rings. The molecule has 0 spiro atoms. The van der Waals surface area contributed by atoms with E-state index in [0.29, 0.717) is 28.5 Å². The van der Waals surface area contributed by atoms with Crippen LogP contribution in [0.5, 0.6) is 5.75 Å². The van der Waals surface area contributed by atoms with Gasteiger partial charge in [0.25, 0.3) is 0 Å². The van der Waals surface area contributed by atoms with Crippen molar-refractivity contribution in [2.45, 2.75) is 26.8 Å². The number of nitrogens with two attached hydrogens (primary N) is 1. The largest absolute Gasteiger partial charge is 0.497 e. The molecule has 0 radical (unpaired) electrons. The van der Waals surface area contributed by atoms with Crippen LogP contribution in [-0.4, -0.2) is 54.5 Å². The highest BCUT2D eigenvalue weighted by Crippen LogP contribution is 2.29. The zero-order valence-electron chi connectivity index (χ0n) is 19.3. The first kappa shape index (κ1) is 23.1. The fraction of sp³-hybridized carbons (Fsp3) is 0.333. The predicted octanol–water partition coefficient (Wildman–Crippen LogP) is 3.48. The van der Waals surface area contributed by atoms with Gasteiger partial charge in [-0.05, 0) is 36.8 Å². The molecule has 3 N–H and O–H groups in total. The van der Waals surface area contributed by atoms with E-state index in [1.165, 1.54) is 6.20 Å². The van der Waals surface area contributed by atoms with Crippen LogP contribution in [-0.2, 0) is 0 Å². The maximum absolute atomic E-state index is 5.74. The zero-order chi connectivity index (χ0) is 23.1. The van der Waals surface area contributed by atoms with Gasteiger partial charge in [0.15, 0.2) is 5.65 Å². The average Bonchev–Trinajstić information content (AvgIpc) is 2.79. The van der Waals surface area contributed by atoms with Crippen LogP contribution in [0.2, 0.25) is 0 Å². The Balaban J connectivity index is 2.06. The standard InChI is InChI=1S/C24H31N7O/c1-16(2)27-8-9-31(19-10-17(3)11-20(12-19)32-5)23-7-6-21-24(30-23)29-22(15-28-21)18(13-25)14-26-4/h6-7,10-16,27H,8-9,25H2,1-5H3. The molecule has 8 heteroatoms. The lowest BCUT2D eigenvalue weighted by molar-refractivity contribution is 0.414. The highest BCUT2D eigenvalue weighted by molar-refractivity contribution is 6.08. The molecule has 8 nitrogen and oxygen atoms in total. The summed E-state index contributed by atoms with van der Waals surface area (Å²) in [6.07, 6.45) is 4.80. The van der Waals surface area contributed by atoms with E-state index in [1.54, 1.807) is 26.6 Å². The molecule has 2 aromatic heterocycles. The number of aryl methyl sites for hydroxylation is 1. The summed E-state index contributed by atoms with van der Waals surface area (Å²) in [6, 6.07) is 10.4. The molecule has 0 bridgehead atoms. The van der Waals surface area contributed by atoms with E-state index in [2.05, 4.69) is 52.0 Å². The summed E-state index contributed by atoms with van der Waals surface area (Å²) in [5.41, 5.74) is 10.4. The maximum Gasteiger partial charge on any atom is 0.180 e. The van der Waals surface area contributed by atoms with Crippen molar-refractivity contribution in [3.05, 3.63) is 54.0 Å². The van der Waals surface area contributed by atoms with Gasteiger partial charge in [-0.2, -0.15) is 0 Å². The zero-order valence-corrected chi connectivity index (χ0v) is 19.3. The smallest absolute Gasteiger partial charge is 0.180 e. The molecule has 0 saturated carbocycles. The third-order valence-corrected chi connectivity index (χ3v) is 4.88. The number of fused-ring (bicyclic) bond motifs is 1. The van der Waals surface area contributed by atoms with Crippen LogP contribution in [0.25, 0.3) is 16.7 Å². The lowest BCUT2D eigenvalue weighted by Gasteiger charge is -2.25. The highest BCUT2D eigenvalue weighted by Gasteiger charge is 2.15. The van der Waals surface area contributed by atoms with E-state index in [1.807, 2.05) is 24.3 Å². The first-order valence-corrected chi connectivity index (χ1v) is 10.6. The van der Waals surface area contributed by atoms with Crippen molar-refractivity contribution < 1.29 is 4.74 Å². The van der Waals surface area contributed by atoms with Crippen molar-refractivity contribution in [2.75, 3.05) is 32.1 Å². The highest BCUT2D eigenvalue weighted by atomic mass is 16.5. The quantitative estimate of drug-likeness (QED) is 0.498. The molecule has 0 saturated heterocycles. The number of ether oxygens (including phenoxy) is 1. The number of hydrogen-bond donors (Lipinski definition) is 2. The number of methoxy groups -OCH3 is 1. The van der Waals surface area contributed by atoms with Crippen molar-refractivity contribution in [1.29, 1.82) is 0 Å². The van der Waals surface area contributed by atoms with Gasteiger partial charge in [-0.3, -0.25) is 9.98 Å². The molecule has 3 aromatic rings. The van der Waals surface area contributed by atoms with Gasteiger partial charge in [0.1, 0.15) is 17.1 Å². The van der Waals surface area contributed by atoms with Crippen molar-refractivity contribution >= 4 is 34.5 Å². The number of anilines is 2. The summed E-state index contributed by atoms with van der Waals surface area (Å²) in [7, 11) is 3.37. The lowest BCUT2D eigenvalue weighted by Crippen LogP contribution is -2.33. The second-order valence-electron chi connectivity index (χ2n) is 7.75. The summed E-state index contributed by atoms with van der Waals surface area (Å²) >= 11 is 0. The summed E-state index contributed by atoms with van der Waals surface area (Å²) in [5.74, 6) is 1.59. The van der Waals surface area contributed by atoms with Gasteiger partial charge in [-0.15, -0.1) is 0 Å².